The van der Waals surface area contributed by atoms with Crippen LogP contribution in [0.2, 0.25) is 0 Å². The smallest absolute Gasteiger partial charge is 0.141 e. The van der Waals surface area contributed by atoms with Crippen LogP contribution in [0.3, 0.4) is 0 Å². The highest BCUT2D eigenvalue weighted by Crippen LogP contribution is 2.26. The molecule has 21 heavy (non-hydrogen) atoms. The molecule has 4 nitrogen and oxygen atoms in total. The lowest BCUT2D eigenvalue weighted by Gasteiger charge is -2.07. The molecule has 4 heteroatoms. The van der Waals surface area contributed by atoms with Gasteiger partial charge < -0.3 is 9.30 Å². The lowest BCUT2D eigenvalue weighted by atomic mass is 10.2. The van der Waals surface area contributed by atoms with Crippen molar-refractivity contribution in [3.05, 3.63) is 48.0 Å². The van der Waals surface area contributed by atoms with Gasteiger partial charge in [0.05, 0.1) is 29.8 Å². The van der Waals surface area contributed by atoms with Crippen LogP contribution < -0.4 is 4.74 Å². The Kier molecular flexibility index (Phi) is 3.33. The number of aromatic nitrogens is 2. The van der Waals surface area contributed by atoms with Gasteiger partial charge in [-0.05, 0) is 49.4 Å². The van der Waals surface area contributed by atoms with Gasteiger partial charge in [0.15, 0.2) is 0 Å². The van der Waals surface area contributed by atoms with Crippen molar-refractivity contribution in [1.29, 1.82) is 5.26 Å². The summed E-state index contributed by atoms with van der Waals surface area (Å²) < 4.78 is 7.34. The fourth-order valence-corrected chi connectivity index (χ4v) is 2.48. The van der Waals surface area contributed by atoms with E-state index in [1.807, 2.05) is 42.5 Å². The Hall–Kier alpha value is -2.80. The van der Waals surface area contributed by atoms with Gasteiger partial charge in [-0.1, -0.05) is 0 Å². The van der Waals surface area contributed by atoms with E-state index in [0.29, 0.717) is 5.56 Å². The van der Waals surface area contributed by atoms with Crippen molar-refractivity contribution >= 4 is 11.0 Å². The van der Waals surface area contributed by atoms with Gasteiger partial charge in [0.25, 0.3) is 0 Å². The van der Waals surface area contributed by atoms with Crippen molar-refractivity contribution in [1.82, 2.24) is 9.55 Å². The van der Waals surface area contributed by atoms with E-state index < -0.39 is 0 Å². The van der Waals surface area contributed by atoms with E-state index in [0.717, 1.165) is 34.7 Å². The molecule has 0 radical (unpaired) electrons. The average molecular weight is 277 g/mol. The van der Waals surface area contributed by atoms with Crippen molar-refractivity contribution in [2.45, 2.75) is 13.5 Å². The van der Waals surface area contributed by atoms with Crippen LogP contribution in [0.1, 0.15) is 12.5 Å². The van der Waals surface area contributed by atoms with Crippen LogP contribution in [-0.2, 0) is 6.54 Å². The normalized spacial score (nSPS) is 10.5. The van der Waals surface area contributed by atoms with E-state index in [4.69, 9.17) is 10.00 Å². The Morgan fingerprint density at radius 3 is 2.57 bits per heavy atom. The number of methoxy groups -OCH3 is 1. The van der Waals surface area contributed by atoms with Gasteiger partial charge in [-0.2, -0.15) is 5.26 Å². The van der Waals surface area contributed by atoms with Gasteiger partial charge >= 0.3 is 0 Å². The van der Waals surface area contributed by atoms with Gasteiger partial charge in [-0.15, -0.1) is 0 Å². The number of benzene rings is 2. The quantitative estimate of drug-likeness (QED) is 0.735. The van der Waals surface area contributed by atoms with E-state index in [-0.39, 0.29) is 0 Å². The number of rotatable bonds is 3. The molecule has 3 rings (SSSR count). The summed E-state index contributed by atoms with van der Waals surface area (Å²) in [5.74, 6) is 1.73. The van der Waals surface area contributed by atoms with E-state index >= 15 is 0 Å². The number of hydrogen-bond acceptors (Lipinski definition) is 3. The predicted molar refractivity (Wildman–Crippen MR) is 82.1 cm³/mol. The van der Waals surface area contributed by atoms with E-state index in [9.17, 15) is 0 Å². The lowest BCUT2D eigenvalue weighted by Crippen LogP contribution is -1.97. The average Bonchev–Trinajstić information content (AvgIpc) is 2.92. The Balaban J connectivity index is 2.18. The number of nitriles is 1. The zero-order valence-corrected chi connectivity index (χ0v) is 12.0. The first-order valence-electron chi connectivity index (χ1n) is 6.81. The molecule has 0 amide bonds. The number of aryl methyl sites for hydroxylation is 1. The van der Waals surface area contributed by atoms with Crippen LogP contribution >= 0.6 is 0 Å². The van der Waals surface area contributed by atoms with Crippen molar-refractivity contribution < 1.29 is 4.74 Å². The van der Waals surface area contributed by atoms with Crippen LogP contribution in [0, 0.1) is 11.3 Å². The highest BCUT2D eigenvalue weighted by Gasteiger charge is 2.12. The summed E-state index contributed by atoms with van der Waals surface area (Å²) in [6, 6.07) is 15.6. The lowest BCUT2D eigenvalue weighted by molar-refractivity contribution is 0.415. The number of imidazole rings is 1. The van der Waals surface area contributed by atoms with Crippen LogP contribution in [0.15, 0.2) is 42.5 Å². The molecule has 0 aliphatic carbocycles. The van der Waals surface area contributed by atoms with Gasteiger partial charge in [-0.3, -0.25) is 0 Å². The second kappa shape index (κ2) is 5.29. The molecule has 104 valence electrons. The maximum Gasteiger partial charge on any atom is 0.141 e. The fraction of sp³-hybridized carbons (Fsp3) is 0.176. The van der Waals surface area contributed by atoms with E-state index in [1.165, 1.54) is 0 Å². The van der Waals surface area contributed by atoms with Crippen LogP contribution in [0.5, 0.6) is 5.75 Å². The summed E-state index contributed by atoms with van der Waals surface area (Å²) in [5.41, 5.74) is 3.56. The second-order valence-corrected chi connectivity index (χ2v) is 4.72. The minimum atomic E-state index is 0.629. The summed E-state index contributed by atoms with van der Waals surface area (Å²) >= 11 is 0. The summed E-state index contributed by atoms with van der Waals surface area (Å²) in [6.07, 6.45) is 0. The predicted octanol–water partition coefficient (Wildman–Crippen LogP) is 3.60. The van der Waals surface area contributed by atoms with Gasteiger partial charge in [0.2, 0.25) is 0 Å². The number of hydrogen-bond donors (Lipinski definition) is 0. The Morgan fingerprint density at radius 2 is 1.95 bits per heavy atom. The van der Waals surface area contributed by atoms with Crippen LogP contribution in [0.4, 0.5) is 0 Å². The topological polar surface area (TPSA) is 50.8 Å². The summed E-state index contributed by atoms with van der Waals surface area (Å²) in [4.78, 5) is 4.69. The van der Waals surface area contributed by atoms with Crippen molar-refractivity contribution in [3.63, 3.8) is 0 Å². The molecule has 1 aromatic heterocycles. The number of nitrogens with zero attached hydrogens (tertiary/aromatic N) is 3. The molecular formula is C17H15N3O. The SMILES string of the molecule is CCn1c(-c2ccc(OC)cc2)nc2cc(C#N)ccc21. The highest BCUT2D eigenvalue weighted by molar-refractivity contribution is 5.82. The van der Waals surface area contributed by atoms with Gasteiger partial charge in [-0.25, -0.2) is 4.98 Å². The third kappa shape index (κ3) is 2.23. The maximum absolute atomic E-state index is 9.01. The molecule has 0 aliphatic rings. The fourth-order valence-electron chi connectivity index (χ4n) is 2.48. The Morgan fingerprint density at radius 1 is 1.19 bits per heavy atom. The van der Waals surface area contributed by atoms with Gasteiger partial charge in [0.1, 0.15) is 11.6 Å². The molecule has 3 aromatic rings. The first-order chi connectivity index (χ1) is 10.3. The summed E-state index contributed by atoms with van der Waals surface area (Å²) in [5, 5.41) is 9.01. The van der Waals surface area contributed by atoms with Crippen LogP contribution in [-0.4, -0.2) is 16.7 Å². The molecule has 1 heterocycles. The molecule has 0 unspecified atom stereocenters. The standard InChI is InChI=1S/C17H15N3O/c1-3-20-16-9-4-12(11-18)10-15(16)19-17(20)13-5-7-14(21-2)8-6-13/h4-10H,3H2,1-2H3. The van der Waals surface area contributed by atoms with Crippen LogP contribution in [0.25, 0.3) is 22.4 Å². The summed E-state index contributed by atoms with van der Waals surface area (Å²) in [7, 11) is 1.65. The van der Waals surface area contributed by atoms with E-state index in [2.05, 4.69) is 22.5 Å². The second-order valence-electron chi connectivity index (χ2n) is 4.72. The third-order valence-corrected chi connectivity index (χ3v) is 3.54. The molecule has 0 spiro atoms. The number of fused-ring (bicyclic) bond motifs is 1. The van der Waals surface area contributed by atoms with Crippen molar-refractivity contribution in [2.75, 3.05) is 7.11 Å². The Bertz CT molecular complexity index is 826. The molecule has 0 N–H and O–H groups in total. The molecule has 2 aromatic carbocycles. The molecule has 0 atom stereocenters. The molecular weight excluding hydrogens is 262 g/mol. The molecule has 0 saturated carbocycles. The third-order valence-electron chi connectivity index (χ3n) is 3.54. The molecule has 0 fully saturated rings. The summed E-state index contributed by atoms with van der Waals surface area (Å²) in [6.45, 7) is 2.91. The minimum absolute atomic E-state index is 0.629. The number of ether oxygens (including phenoxy) is 1. The van der Waals surface area contributed by atoms with E-state index in [1.54, 1.807) is 7.11 Å². The minimum Gasteiger partial charge on any atom is -0.497 e. The zero-order valence-electron chi connectivity index (χ0n) is 12.0. The zero-order chi connectivity index (χ0) is 14.8. The Labute approximate surface area is 123 Å². The first-order valence-corrected chi connectivity index (χ1v) is 6.81. The molecule has 0 aliphatic heterocycles. The van der Waals surface area contributed by atoms with Gasteiger partial charge in [0, 0.05) is 12.1 Å². The first kappa shape index (κ1) is 13.2. The monoisotopic (exact) mass is 277 g/mol. The highest BCUT2D eigenvalue weighted by atomic mass is 16.5. The van der Waals surface area contributed by atoms with Crippen molar-refractivity contribution in [3.8, 4) is 23.2 Å². The maximum atomic E-state index is 9.01. The molecule has 0 saturated heterocycles. The van der Waals surface area contributed by atoms with Crippen molar-refractivity contribution in [2.24, 2.45) is 0 Å². The largest absolute Gasteiger partial charge is 0.497 e. The molecule has 0 bridgehead atoms.